The normalized spacial score (nSPS) is 26.9. The highest BCUT2D eigenvalue weighted by Gasteiger charge is 2.36. The maximum Gasteiger partial charge on any atom is 0.412 e. The van der Waals surface area contributed by atoms with E-state index in [1.807, 2.05) is 0 Å². The van der Waals surface area contributed by atoms with Gasteiger partial charge in [-0.2, -0.15) is 13.2 Å². The number of alkyl halides is 3. The Labute approximate surface area is 92.2 Å². The molecule has 0 radical (unpaired) electrons. The van der Waals surface area contributed by atoms with Gasteiger partial charge in [-0.1, -0.05) is 6.92 Å². The predicted octanol–water partition coefficient (Wildman–Crippen LogP) is 2.39. The van der Waals surface area contributed by atoms with Gasteiger partial charge in [0, 0.05) is 18.7 Å². The third-order valence-corrected chi connectivity index (χ3v) is 2.72. The molecule has 0 bridgehead atoms. The molecule has 0 spiro atoms. The van der Waals surface area contributed by atoms with Gasteiger partial charge in [-0.15, -0.1) is 0 Å². The number of hydrogen-bond donors (Lipinski definition) is 1. The van der Waals surface area contributed by atoms with Crippen LogP contribution >= 0.6 is 0 Å². The Kier molecular flexibility index (Phi) is 2.97. The van der Waals surface area contributed by atoms with Gasteiger partial charge in [0.25, 0.3) is 0 Å². The van der Waals surface area contributed by atoms with Crippen molar-refractivity contribution in [2.24, 2.45) is 5.92 Å². The standard InChI is InChI=1S/C11H14F3NO/c1-7-2-8(11(12,13)14)4-9(3-7)16-10-5-15-6-10/h3-4,7,10,15H,2,5-6H2,1H3. The Morgan fingerprint density at radius 3 is 2.56 bits per heavy atom. The van der Waals surface area contributed by atoms with Gasteiger partial charge in [-0.3, -0.25) is 0 Å². The second-order valence-electron chi connectivity index (χ2n) is 4.32. The van der Waals surface area contributed by atoms with Crippen molar-refractivity contribution in [3.8, 4) is 0 Å². The Balaban J connectivity index is 2.07. The van der Waals surface area contributed by atoms with Crippen molar-refractivity contribution in [3.63, 3.8) is 0 Å². The van der Waals surface area contributed by atoms with Crippen LogP contribution in [0.1, 0.15) is 13.3 Å². The summed E-state index contributed by atoms with van der Waals surface area (Å²) in [5.74, 6) is 0.238. The molecular formula is C11H14F3NO. The van der Waals surface area contributed by atoms with Crippen LogP contribution in [0, 0.1) is 5.92 Å². The lowest BCUT2D eigenvalue weighted by molar-refractivity contribution is -0.0956. The van der Waals surface area contributed by atoms with Crippen molar-refractivity contribution in [2.75, 3.05) is 13.1 Å². The minimum absolute atomic E-state index is 0.0160. The van der Waals surface area contributed by atoms with E-state index in [1.165, 1.54) is 0 Å². The van der Waals surface area contributed by atoms with Crippen molar-refractivity contribution in [3.05, 3.63) is 23.5 Å². The lowest BCUT2D eigenvalue weighted by Gasteiger charge is -2.30. The zero-order valence-corrected chi connectivity index (χ0v) is 8.97. The highest BCUT2D eigenvalue weighted by Crippen LogP contribution is 2.35. The molecule has 2 nitrogen and oxygen atoms in total. The largest absolute Gasteiger partial charge is 0.488 e. The van der Waals surface area contributed by atoms with Crippen molar-refractivity contribution >= 4 is 0 Å². The summed E-state index contributed by atoms with van der Waals surface area (Å²) in [4.78, 5) is 0. The van der Waals surface area contributed by atoms with Crippen LogP contribution in [0.2, 0.25) is 0 Å². The molecule has 1 aliphatic carbocycles. The average molecular weight is 233 g/mol. The van der Waals surface area contributed by atoms with E-state index < -0.39 is 11.7 Å². The third-order valence-electron chi connectivity index (χ3n) is 2.72. The summed E-state index contributed by atoms with van der Waals surface area (Å²) in [5, 5.41) is 3.01. The predicted molar refractivity (Wildman–Crippen MR) is 53.7 cm³/mol. The summed E-state index contributed by atoms with van der Waals surface area (Å²) in [5.41, 5.74) is -0.496. The average Bonchev–Trinajstić information content (AvgIpc) is 2.09. The molecule has 16 heavy (non-hydrogen) atoms. The summed E-state index contributed by atoms with van der Waals surface area (Å²) in [7, 11) is 0. The molecule has 0 amide bonds. The second-order valence-corrected chi connectivity index (χ2v) is 4.32. The van der Waals surface area contributed by atoms with Gasteiger partial charge in [-0.05, 0) is 24.5 Å². The molecule has 1 aliphatic heterocycles. The van der Waals surface area contributed by atoms with Crippen LogP contribution in [-0.4, -0.2) is 25.4 Å². The molecule has 90 valence electrons. The lowest BCUT2D eigenvalue weighted by atomic mass is 9.94. The number of ether oxygens (including phenoxy) is 1. The van der Waals surface area contributed by atoms with Crippen molar-refractivity contribution < 1.29 is 17.9 Å². The van der Waals surface area contributed by atoms with Crippen molar-refractivity contribution in [1.29, 1.82) is 0 Å². The van der Waals surface area contributed by atoms with E-state index in [1.54, 1.807) is 13.0 Å². The first kappa shape index (κ1) is 11.5. The molecule has 2 aliphatic rings. The number of nitrogens with one attached hydrogen (secondary N) is 1. The smallest absolute Gasteiger partial charge is 0.412 e. The number of allylic oxidation sites excluding steroid dienone is 3. The van der Waals surface area contributed by atoms with E-state index in [9.17, 15) is 13.2 Å². The molecule has 0 aromatic carbocycles. The molecule has 2 rings (SSSR count). The first-order chi connectivity index (χ1) is 7.45. The zero-order chi connectivity index (χ0) is 11.8. The van der Waals surface area contributed by atoms with Crippen LogP contribution in [0.15, 0.2) is 23.5 Å². The first-order valence-electron chi connectivity index (χ1n) is 5.32. The maximum absolute atomic E-state index is 12.6. The van der Waals surface area contributed by atoms with Gasteiger partial charge in [0.1, 0.15) is 11.9 Å². The molecule has 1 unspecified atom stereocenters. The number of rotatable bonds is 2. The quantitative estimate of drug-likeness (QED) is 0.790. The van der Waals surface area contributed by atoms with Gasteiger partial charge >= 0.3 is 6.18 Å². The van der Waals surface area contributed by atoms with Gasteiger partial charge in [0.2, 0.25) is 0 Å². The maximum atomic E-state index is 12.6. The molecule has 1 fully saturated rings. The Morgan fingerprint density at radius 1 is 1.38 bits per heavy atom. The van der Waals surface area contributed by atoms with E-state index >= 15 is 0 Å². The highest BCUT2D eigenvalue weighted by atomic mass is 19.4. The van der Waals surface area contributed by atoms with Crippen LogP contribution in [0.25, 0.3) is 0 Å². The Bertz CT molecular complexity index is 329. The Hall–Kier alpha value is -0.970. The second kappa shape index (κ2) is 4.13. The molecule has 1 N–H and O–H groups in total. The molecule has 0 aromatic rings. The summed E-state index contributed by atoms with van der Waals surface area (Å²) >= 11 is 0. The zero-order valence-electron chi connectivity index (χ0n) is 8.97. The fraction of sp³-hybridized carbons (Fsp3) is 0.636. The first-order valence-corrected chi connectivity index (χ1v) is 5.32. The summed E-state index contributed by atoms with van der Waals surface area (Å²) in [6, 6.07) is 0. The fourth-order valence-corrected chi connectivity index (χ4v) is 1.77. The van der Waals surface area contributed by atoms with Gasteiger partial charge in [0.15, 0.2) is 0 Å². The van der Waals surface area contributed by atoms with Gasteiger partial charge in [-0.25, -0.2) is 0 Å². The number of halogens is 3. The van der Waals surface area contributed by atoms with Crippen LogP contribution in [-0.2, 0) is 4.74 Å². The molecular weight excluding hydrogens is 219 g/mol. The summed E-state index contributed by atoms with van der Waals surface area (Å²) < 4.78 is 43.1. The fourth-order valence-electron chi connectivity index (χ4n) is 1.77. The van der Waals surface area contributed by atoms with E-state index in [2.05, 4.69) is 5.32 Å². The van der Waals surface area contributed by atoms with E-state index in [0.29, 0.717) is 18.8 Å². The van der Waals surface area contributed by atoms with Crippen molar-refractivity contribution in [2.45, 2.75) is 25.6 Å². The molecule has 0 saturated carbocycles. The van der Waals surface area contributed by atoms with Crippen LogP contribution < -0.4 is 5.32 Å². The Morgan fingerprint density at radius 2 is 2.06 bits per heavy atom. The van der Waals surface area contributed by atoms with Gasteiger partial charge < -0.3 is 10.1 Å². The van der Waals surface area contributed by atoms with Crippen LogP contribution in [0.5, 0.6) is 0 Å². The van der Waals surface area contributed by atoms with Crippen LogP contribution in [0.3, 0.4) is 0 Å². The SMILES string of the molecule is CC1C=C(OC2CNC2)C=C(C(F)(F)F)C1. The highest BCUT2D eigenvalue weighted by molar-refractivity contribution is 5.28. The molecule has 0 aromatic heterocycles. The van der Waals surface area contributed by atoms with E-state index in [0.717, 1.165) is 6.08 Å². The molecule has 1 atom stereocenters. The van der Waals surface area contributed by atoms with E-state index in [4.69, 9.17) is 4.74 Å². The van der Waals surface area contributed by atoms with Gasteiger partial charge in [0.05, 0.1) is 0 Å². The van der Waals surface area contributed by atoms with Crippen LogP contribution in [0.4, 0.5) is 13.2 Å². The molecule has 1 heterocycles. The molecule has 5 heteroatoms. The summed E-state index contributed by atoms with van der Waals surface area (Å²) in [6.45, 7) is 3.18. The minimum Gasteiger partial charge on any atom is -0.488 e. The minimum atomic E-state index is -4.24. The monoisotopic (exact) mass is 233 g/mol. The van der Waals surface area contributed by atoms with E-state index in [-0.39, 0.29) is 18.4 Å². The molecule has 1 saturated heterocycles. The van der Waals surface area contributed by atoms with Crippen molar-refractivity contribution in [1.82, 2.24) is 5.32 Å². The summed E-state index contributed by atoms with van der Waals surface area (Å²) in [6.07, 6.45) is -1.30. The topological polar surface area (TPSA) is 21.3 Å². The third kappa shape index (κ3) is 2.58. The lowest BCUT2D eigenvalue weighted by Crippen LogP contribution is -2.48. The number of hydrogen-bond acceptors (Lipinski definition) is 2.